The Balaban J connectivity index is 1.83. The van der Waals surface area contributed by atoms with Gasteiger partial charge in [0.15, 0.2) is 0 Å². The van der Waals surface area contributed by atoms with Gasteiger partial charge in [-0.2, -0.15) is 8.75 Å². The largest absolute Gasteiger partial charge is 0.379 e. The minimum atomic E-state index is -0.189. The van der Waals surface area contributed by atoms with Gasteiger partial charge in [0.1, 0.15) is 16.9 Å². The Morgan fingerprint density at radius 1 is 1.24 bits per heavy atom. The number of benzene rings is 2. The maximum Gasteiger partial charge on any atom is 0.129 e. The first-order valence-electron chi connectivity index (χ1n) is 6.56. The highest BCUT2D eigenvalue weighted by Gasteiger charge is 2.13. The van der Waals surface area contributed by atoms with E-state index in [-0.39, 0.29) is 11.9 Å². The molecule has 1 heterocycles. The van der Waals surface area contributed by atoms with Crippen molar-refractivity contribution < 1.29 is 4.39 Å². The van der Waals surface area contributed by atoms with Gasteiger partial charge in [-0.1, -0.05) is 29.8 Å². The second kappa shape index (κ2) is 5.95. The molecule has 21 heavy (non-hydrogen) atoms. The van der Waals surface area contributed by atoms with E-state index in [1.807, 2.05) is 19.1 Å². The van der Waals surface area contributed by atoms with Crippen LogP contribution in [0.15, 0.2) is 36.4 Å². The summed E-state index contributed by atoms with van der Waals surface area (Å²) in [6.45, 7) is 1.99. The minimum absolute atomic E-state index is 0.0201. The highest BCUT2D eigenvalue weighted by atomic mass is 35.5. The molecule has 108 valence electrons. The third-order valence-corrected chi connectivity index (χ3v) is 4.11. The van der Waals surface area contributed by atoms with Gasteiger partial charge in [-0.05, 0) is 37.1 Å². The predicted molar refractivity (Wildman–Crippen MR) is 85.6 cm³/mol. The van der Waals surface area contributed by atoms with Gasteiger partial charge in [0.2, 0.25) is 0 Å². The smallest absolute Gasteiger partial charge is 0.129 e. The zero-order valence-corrected chi connectivity index (χ0v) is 12.9. The van der Waals surface area contributed by atoms with Gasteiger partial charge in [0.25, 0.3) is 0 Å². The highest BCUT2D eigenvalue weighted by molar-refractivity contribution is 7.00. The maximum absolute atomic E-state index is 13.7. The molecule has 0 spiro atoms. The number of nitrogens with one attached hydrogen (secondary N) is 1. The summed E-state index contributed by atoms with van der Waals surface area (Å²) in [5, 5.41) is 3.91. The summed E-state index contributed by atoms with van der Waals surface area (Å²) in [6, 6.07) is 10.4. The quantitative estimate of drug-likeness (QED) is 0.767. The molecule has 0 aliphatic heterocycles. The van der Waals surface area contributed by atoms with Crippen molar-refractivity contribution in [1.82, 2.24) is 8.75 Å². The van der Waals surface area contributed by atoms with Crippen LogP contribution in [0.5, 0.6) is 0 Å². The van der Waals surface area contributed by atoms with Gasteiger partial charge in [-0.3, -0.25) is 0 Å². The van der Waals surface area contributed by atoms with E-state index >= 15 is 0 Å². The van der Waals surface area contributed by atoms with Crippen LogP contribution < -0.4 is 5.32 Å². The normalized spacial score (nSPS) is 12.5. The highest BCUT2D eigenvalue weighted by Crippen LogP contribution is 2.30. The third kappa shape index (κ3) is 2.99. The Kier molecular flexibility index (Phi) is 4.03. The number of halogens is 2. The van der Waals surface area contributed by atoms with E-state index in [4.69, 9.17) is 11.6 Å². The first-order chi connectivity index (χ1) is 10.1. The molecule has 1 aromatic heterocycles. The Hall–Kier alpha value is -1.72. The van der Waals surface area contributed by atoms with E-state index in [1.165, 1.54) is 6.07 Å². The number of hydrogen-bond acceptors (Lipinski definition) is 4. The van der Waals surface area contributed by atoms with Crippen molar-refractivity contribution in [3.8, 4) is 0 Å². The van der Waals surface area contributed by atoms with Gasteiger partial charge >= 0.3 is 0 Å². The number of fused-ring (bicyclic) bond motifs is 1. The van der Waals surface area contributed by atoms with Gasteiger partial charge in [0.05, 0.1) is 22.4 Å². The van der Waals surface area contributed by atoms with E-state index < -0.39 is 0 Å². The van der Waals surface area contributed by atoms with Crippen molar-refractivity contribution in [2.24, 2.45) is 0 Å². The Bertz CT molecular complexity index is 774. The second-order valence-corrected chi connectivity index (χ2v) is 5.83. The summed E-state index contributed by atoms with van der Waals surface area (Å²) in [4.78, 5) is 0. The standard InChI is InChI=1S/C15H13ClFN3S/c1-9(8-10-4-2-3-5-12(10)17)18-14-11(16)6-7-13-15(14)20-21-19-13/h2-7,9,18H,8H2,1H3. The summed E-state index contributed by atoms with van der Waals surface area (Å²) in [6.07, 6.45) is 0.566. The number of hydrogen-bond donors (Lipinski definition) is 1. The van der Waals surface area contributed by atoms with E-state index in [0.717, 1.165) is 28.4 Å². The molecular weight excluding hydrogens is 309 g/mol. The van der Waals surface area contributed by atoms with E-state index in [2.05, 4.69) is 14.1 Å². The summed E-state index contributed by atoms with van der Waals surface area (Å²) in [5.41, 5.74) is 3.00. The molecule has 3 rings (SSSR count). The molecule has 2 aromatic carbocycles. The molecule has 0 aliphatic rings. The third-order valence-electron chi connectivity index (χ3n) is 3.25. The molecule has 3 nitrogen and oxygen atoms in total. The number of nitrogens with zero attached hydrogens (tertiary/aromatic N) is 2. The van der Waals surface area contributed by atoms with Gasteiger partial charge in [-0.25, -0.2) is 4.39 Å². The minimum Gasteiger partial charge on any atom is -0.379 e. The molecule has 1 unspecified atom stereocenters. The van der Waals surface area contributed by atoms with Crippen LogP contribution in [0, 0.1) is 5.82 Å². The van der Waals surface area contributed by atoms with Gasteiger partial charge < -0.3 is 5.32 Å². The molecular formula is C15H13ClFN3S. The summed E-state index contributed by atoms with van der Waals surface area (Å²) in [5.74, 6) is -0.189. The predicted octanol–water partition coefficient (Wildman–Crippen LogP) is 4.53. The van der Waals surface area contributed by atoms with E-state index in [0.29, 0.717) is 17.0 Å². The summed E-state index contributed by atoms with van der Waals surface area (Å²) >= 11 is 7.39. The average Bonchev–Trinajstić information content (AvgIpc) is 2.93. The monoisotopic (exact) mass is 321 g/mol. The molecule has 0 radical (unpaired) electrons. The van der Waals surface area contributed by atoms with Crippen molar-refractivity contribution in [3.05, 3.63) is 52.8 Å². The average molecular weight is 322 g/mol. The molecule has 1 atom stereocenters. The molecule has 0 fully saturated rings. The molecule has 3 aromatic rings. The Morgan fingerprint density at radius 3 is 2.86 bits per heavy atom. The first-order valence-corrected chi connectivity index (χ1v) is 7.66. The molecule has 1 N–H and O–H groups in total. The molecule has 0 aliphatic carbocycles. The maximum atomic E-state index is 13.7. The Labute approximate surface area is 131 Å². The summed E-state index contributed by atoms with van der Waals surface area (Å²) < 4.78 is 22.2. The lowest BCUT2D eigenvalue weighted by atomic mass is 10.1. The SMILES string of the molecule is CC(Cc1ccccc1F)Nc1c(Cl)ccc2nsnc12. The molecule has 6 heteroatoms. The van der Waals surface area contributed by atoms with Crippen LogP contribution in [0.2, 0.25) is 5.02 Å². The molecule has 0 saturated heterocycles. The lowest BCUT2D eigenvalue weighted by Gasteiger charge is -2.17. The van der Waals surface area contributed by atoms with Crippen LogP contribution in [0.25, 0.3) is 11.0 Å². The lowest BCUT2D eigenvalue weighted by Crippen LogP contribution is -2.19. The van der Waals surface area contributed by atoms with Crippen LogP contribution in [0.1, 0.15) is 12.5 Å². The fourth-order valence-corrected chi connectivity index (χ4v) is 3.01. The lowest BCUT2D eigenvalue weighted by molar-refractivity contribution is 0.601. The van der Waals surface area contributed by atoms with Crippen LogP contribution in [-0.4, -0.2) is 14.8 Å². The topological polar surface area (TPSA) is 37.8 Å². The van der Waals surface area contributed by atoms with Crippen molar-refractivity contribution in [1.29, 1.82) is 0 Å². The molecule has 0 bridgehead atoms. The van der Waals surface area contributed by atoms with Gasteiger partial charge in [-0.15, -0.1) is 0 Å². The van der Waals surface area contributed by atoms with Crippen molar-refractivity contribution in [3.63, 3.8) is 0 Å². The zero-order valence-electron chi connectivity index (χ0n) is 11.3. The van der Waals surface area contributed by atoms with Crippen LogP contribution in [0.3, 0.4) is 0 Å². The van der Waals surface area contributed by atoms with Crippen molar-refractivity contribution in [2.45, 2.75) is 19.4 Å². The molecule has 0 amide bonds. The fourth-order valence-electron chi connectivity index (χ4n) is 2.26. The van der Waals surface area contributed by atoms with E-state index in [1.54, 1.807) is 18.2 Å². The van der Waals surface area contributed by atoms with Crippen LogP contribution >= 0.6 is 23.3 Å². The number of aromatic nitrogens is 2. The summed E-state index contributed by atoms with van der Waals surface area (Å²) in [7, 11) is 0. The van der Waals surface area contributed by atoms with Crippen molar-refractivity contribution >= 4 is 40.0 Å². The second-order valence-electron chi connectivity index (χ2n) is 4.90. The first kappa shape index (κ1) is 14.2. The van der Waals surface area contributed by atoms with Gasteiger partial charge in [0, 0.05) is 6.04 Å². The van der Waals surface area contributed by atoms with Crippen molar-refractivity contribution in [2.75, 3.05) is 5.32 Å². The van der Waals surface area contributed by atoms with E-state index in [9.17, 15) is 4.39 Å². The zero-order chi connectivity index (χ0) is 14.8. The number of rotatable bonds is 4. The number of anilines is 1. The van der Waals surface area contributed by atoms with Crippen LogP contribution in [0.4, 0.5) is 10.1 Å². The van der Waals surface area contributed by atoms with Crippen LogP contribution in [-0.2, 0) is 6.42 Å². The Morgan fingerprint density at radius 2 is 2.05 bits per heavy atom. The fraction of sp³-hybridized carbons (Fsp3) is 0.200. The molecule has 0 saturated carbocycles.